The third-order valence-electron chi connectivity index (χ3n) is 2.52. The van der Waals surface area contributed by atoms with Crippen LogP contribution in [0.5, 0.6) is 0 Å². The number of rotatable bonds is 1. The molecule has 2 rings (SSSR count). The summed E-state index contributed by atoms with van der Waals surface area (Å²) in [6.45, 7) is 6.51. The van der Waals surface area contributed by atoms with E-state index in [1.54, 1.807) is 0 Å². The van der Waals surface area contributed by atoms with E-state index in [9.17, 15) is 4.79 Å². The predicted molar refractivity (Wildman–Crippen MR) is 62.4 cm³/mol. The molecule has 0 aliphatic rings. The molecular formula is C11H16N4O. The lowest BCUT2D eigenvalue weighted by atomic mass is 9.93. The fraction of sp³-hybridized carbons (Fsp3) is 0.455. The Bertz CT molecular complexity index is 574. The molecule has 0 saturated heterocycles. The van der Waals surface area contributed by atoms with E-state index in [-0.39, 0.29) is 17.5 Å². The van der Waals surface area contributed by atoms with Gasteiger partial charge in [0.05, 0.1) is 5.69 Å². The standard InChI is InChI=1S/C11H16N4O/c1-11(2,3)8-5-9-13-7(6-12)4-10(16)15(9)14-8/h4-5,14H,6,12H2,1-3H3. The Kier molecular flexibility index (Phi) is 2.35. The fourth-order valence-electron chi connectivity index (χ4n) is 1.53. The molecule has 3 N–H and O–H groups in total. The van der Waals surface area contributed by atoms with Crippen LogP contribution in [0.2, 0.25) is 0 Å². The molecule has 0 radical (unpaired) electrons. The molecule has 0 fully saturated rings. The van der Waals surface area contributed by atoms with Crippen molar-refractivity contribution in [3.8, 4) is 0 Å². The minimum atomic E-state index is -0.124. The van der Waals surface area contributed by atoms with Crippen LogP contribution >= 0.6 is 0 Å². The van der Waals surface area contributed by atoms with Crippen LogP contribution in [0.1, 0.15) is 32.2 Å². The number of nitrogens with one attached hydrogen (secondary N) is 1. The van der Waals surface area contributed by atoms with Gasteiger partial charge in [0, 0.05) is 29.8 Å². The van der Waals surface area contributed by atoms with Gasteiger partial charge in [0.15, 0.2) is 5.65 Å². The van der Waals surface area contributed by atoms with E-state index < -0.39 is 0 Å². The number of nitrogens with zero attached hydrogens (tertiary/aromatic N) is 2. The van der Waals surface area contributed by atoms with Crippen LogP contribution in [-0.4, -0.2) is 14.6 Å². The smallest absolute Gasteiger partial charge is 0.272 e. The lowest BCUT2D eigenvalue weighted by Crippen LogP contribution is -2.18. The zero-order valence-corrected chi connectivity index (χ0v) is 9.74. The second-order valence-corrected chi connectivity index (χ2v) is 4.90. The van der Waals surface area contributed by atoms with Crippen molar-refractivity contribution in [1.29, 1.82) is 0 Å². The Labute approximate surface area is 93.3 Å². The summed E-state index contributed by atoms with van der Waals surface area (Å²) < 4.78 is 1.44. The van der Waals surface area contributed by atoms with Crippen LogP contribution in [0.15, 0.2) is 16.9 Å². The Morgan fingerprint density at radius 2 is 2.12 bits per heavy atom. The number of nitrogens with two attached hydrogens (primary N) is 1. The van der Waals surface area contributed by atoms with Crippen molar-refractivity contribution < 1.29 is 0 Å². The maximum Gasteiger partial charge on any atom is 0.272 e. The fourth-order valence-corrected chi connectivity index (χ4v) is 1.53. The average molecular weight is 220 g/mol. The van der Waals surface area contributed by atoms with Gasteiger partial charge in [0.1, 0.15) is 0 Å². The summed E-state index contributed by atoms with van der Waals surface area (Å²) >= 11 is 0. The Morgan fingerprint density at radius 1 is 1.44 bits per heavy atom. The summed E-state index contributed by atoms with van der Waals surface area (Å²) in [4.78, 5) is 16.0. The second-order valence-electron chi connectivity index (χ2n) is 4.90. The molecule has 0 unspecified atom stereocenters. The molecule has 0 aromatic carbocycles. The van der Waals surface area contributed by atoms with Gasteiger partial charge in [-0.3, -0.25) is 9.89 Å². The highest BCUT2D eigenvalue weighted by atomic mass is 16.1. The van der Waals surface area contributed by atoms with Gasteiger partial charge in [-0.25, -0.2) is 9.50 Å². The number of aromatic amines is 1. The molecule has 0 bridgehead atoms. The summed E-state index contributed by atoms with van der Waals surface area (Å²) in [5.74, 6) is 0. The first kappa shape index (κ1) is 10.9. The van der Waals surface area contributed by atoms with Gasteiger partial charge in [-0.2, -0.15) is 0 Å². The van der Waals surface area contributed by atoms with Gasteiger partial charge in [-0.1, -0.05) is 20.8 Å². The molecule has 5 nitrogen and oxygen atoms in total. The first-order valence-corrected chi connectivity index (χ1v) is 5.24. The Morgan fingerprint density at radius 3 is 2.69 bits per heavy atom. The van der Waals surface area contributed by atoms with Crippen LogP contribution in [0.4, 0.5) is 0 Å². The van der Waals surface area contributed by atoms with Crippen molar-refractivity contribution in [2.45, 2.75) is 32.7 Å². The molecule has 2 aromatic rings. The molecule has 5 heteroatoms. The van der Waals surface area contributed by atoms with E-state index >= 15 is 0 Å². The third-order valence-corrected chi connectivity index (χ3v) is 2.52. The Hall–Kier alpha value is -1.62. The molecule has 2 aromatic heterocycles. The molecule has 0 spiro atoms. The lowest BCUT2D eigenvalue weighted by molar-refractivity contribution is 0.561. The van der Waals surface area contributed by atoms with Crippen LogP contribution in [0.3, 0.4) is 0 Å². The largest absolute Gasteiger partial charge is 0.325 e. The normalized spacial score (nSPS) is 12.2. The van der Waals surface area contributed by atoms with Gasteiger partial charge in [0.2, 0.25) is 0 Å². The zero-order valence-electron chi connectivity index (χ0n) is 9.74. The van der Waals surface area contributed by atoms with Crippen molar-refractivity contribution in [3.63, 3.8) is 0 Å². The van der Waals surface area contributed by atoms with Crippen LogP contribution in [-0.2, 0) is 12.0 Å². The zero-order chi connectivity index (χ0) is 11.9. The van der Waals surface area contributed by atoms with E-state index in [2.05, 4.69) is 30.9 Å². The molecule has 86 valence electrons. The van der Waals surface area contributed by atoms with E-state index in [1.165, 1.54) is 10.6 Å². The van der Waals surface area contributed by atoms with Gasteiger partial charge >= 0.3 is 0 Å². The third kappa shape index (κ3) is 1.74. The predicted octanol–water partition coefficient (Wildman–Crippen LogP) is 0.779. The second kappa shape index (κ2) is 3.45. The lowest BCUT2D eigenvalue weighted by Gasteiger charge is -2.14. The molecule has 2 heterocycles. The molecule has 0 aliphatic carbocycles. The number of aromatic nitrogens is 3. The molecule has 0 saturated carbocycles. The molecule has 0 atom stereocenters. The average Bonchev–Trinajstić information content (AvgIpc) is 2.61. The van der Waals surface area contributed by atoms with Crippen LogP contribution in [0, 0.1) is 0 Å². The van der Waals surface area contributed by atoms with E-state index in [1.807, 2.05) is 6.07 Å². The molecular weight excluding hydrogens is 204 g/mol. The summed E-state index contributed by atoms with van der Waals surface area (Å²) in [7, 11) is 0. The van der Waals surface area contributed by atoms with Crippen LogP contribution in [0.25, 0.3) is 5.65 Å². The maximum absolute atomic E-state index is 11.7. The maximum atomic E-state index is 11.7. The number of hydrogen-bond acceptors (Lipinski definition) is 3. The van der Waals surface area contributed by atoms with E-state index in [0.717, 1.165) is 5.69 Å². The van der Waals surface area contributed by atoms with Gasteiger partial charge in [0.25, 0.3) is 5.56 Å². The topological polar surface area (TPSA) is 76.2 Å². The number of H-pyrrole nitrogens is 1. The monoisotopic (exact) mass is 220 g/mol. The van der Waals surface area contributed by atoms with Crippen molar-refractivity contribution in [3.05, 3.63) is 33.9 Å². The van der Waals surface area contributed by atoms with E-state index in [4.69, 9.17) is 5.73 Å². The molecule has 0 aliphatic heterocycles. The van der Waals surface area contributed by atoms with Crippen molar-refractivity contribution in [1.82, 2.24) is 14.6 Å². The summed E-state index contributed by atoms with van der Waals surface area (Å²) in [5, 5.41) is 3.06. The first-order chi connectivity index (χ1) is 7.41. The highest BCUT2D eigenvalue weighted by Crippen LogP contribution is 2.20. The van der Waals surface area contributed by atoms with Crippen molar-refractivity contribution >= 4 is 5.65 Å². The van der Waals surface area contributed by atoms with Crippen molar-refractivity contribution in [2.75, 3.05) is 0 Å². The van der Waals surface area contributed by atoms with Gasteiger partial charge < -0.3 is 5.73 Å². The highest BCUT2D eigenvalue weighted by molar-refractivity contribution is 5.41. The van der Waals surface area contributed by atoms with E-state index in [0.29, 0.717) is 11.3 Å². The SMILES string of the molecule is CC(C)(C)c1cc2nc(CN)cc(=O)n2[nH]1. The number of fused-ring (bicyclic) bond motifs is 1. The summed E-state index contributed by atoms with van der Waals surface area (Å²) in [6, 6.07) is 3.34. The molecule has 16 heavy (non-hydrogen) atoms. The minimum absolute atomic E-state index is 0.0387. The Balaban J connectivity index is 2.71. The quantitative estimate of drug-likeness (QED) is 0.745. The van der Waals surface area contributed by atoms with Crippen LogP contribution < -0.4 is 11.3 Å². The molecule has 0 amide bonds. The minimum Gasteiger partial charge on any atom is -0.325 e. The van der Waals surface area contributed by atoms with Gasteiger partial charge in [-0.05, 0) is 0 Å². The highest BCUT2D eigenvalue weighted by Gasteiger charge is 2.17. The van der Waals surface area contributed by atoms with Gasteiger partial charge in [-0.15, -0.1) is 0 Å². The summed E-state index contributed by atoms with van der Waals surface area (Å²) in [5.41, 5.74) is 7.53. The first-order valence-electron chi connectivity index (χ1n) is 5.24. The van der Waals surface area contributed by atoms with Crippen molar-refractivity contribution in [2.24, 2.45) is 5.73 Å². The summed E-state index contributed by atoms with van der Waals surface area (Å²) in [6.07, 6.45) is 0. The number of hydrogen-bond donors (Lipinski definition) is 2.